The van der Waals surface area contributed by atoms with Gasteiger partial charge in [0.15, 0.2) is 11.6 Å². The van der Waals surface area contributed by atoms with Crippen LogP contribution in [0.25, 0.3) is 0 Å². The average molecular weight is 287 g/mol. The smallest absolute Gasteiger partial charge is 0.387 e. The van der Waals surface area contributed by atoms with Crippen LogP contribution in [0.4, 0.5) is 18.9 Å². The maximum absolute atomic E-state index is 13.6. The Bertz CT molecular complexity index is 439. The number of nitrogens with one attached hydrogen (secondary N) is 1. The van der Waals surface area contributed by atoms with Gasteiger partial charge in [0.05, 0.1) is 0 Å². The second-order valence-electron chi connectivity index (χ2n) is 5.23. The van der Waals surface area contributed by atoms with Crippen LogP contribution in [0.2, 0.25) is 0 Å². The first-order valence-corrected chi connectivity index (χ1v) is 7.11. The first kappa shape index (κ1) is 15.0. The number of halogens is 3. The van der Waals surface area contributed by atoms with Crippen molar-refractivity contribution in [1.29, 1.82) is 0 Å². The molecule has 0 amide bonds. The monoisotopic (exact) mass is 287 g/mol. The normalized spacial score (nSPS) is 22.9. The van der Waals surface area contributed by atoms with E-state index < -0.39 is 18.2 Å². The van der Waals surface area contributed by atoms with Gasteiger partial charge < -0.3 is 10.1 Å². The fourth-order valence-corrected chi connectivity index (χ4v) is 2.88. The molecule has 1 N–H and O–H groups in total. The zero-order valence-electron chi connectivity index (χ0n) is 11.5. The highest BCUT2D eigenvalue weighted by atomic mass is 19.3. The molecule has 1 aromatic carbocycles. The molecule has 0 bridgehead atoms. The maximum atomic E-state index is 13.6. The predicted octanol–water partition coefficient (Wildman–Crippen LogP) is 4.81. The number of rotatable bonds is 5. The zero-order chi connectivity index (χ0) is 14.5. The Labute approximate surface area is 117 Å². The van der Waals surface area contributed by atoms with Crippen molar-refractivity contribution in [2.45, 2.75) is 51.7 Å². The van der Waals surface area contributed by atoms with Crippen LogP contribution < -0.4 is 10.1 Å². The van der Waals surface area contributed by atoms with Crippen molar-refractivity contribution in [1.82, 2.24) is 0 Å². The Hall–Kier alpha value is -1.39. The summed E-state index contributed by atoms with van der Waals surface area (Å²) in [6.07, 6.45) is 5.75. The maximum Gasteiger partial charge on any atom is 0.387 e. The Kier molecular flexibility index (Phi) is 5.15. The molecule has 112 valence electrons. The molecule has 5 heteroatoms. The predicted molar refractivity (Wildman–Crippen MR) is 72.7 cm³/mol. The topological polar surface area (TPSA) is 21.3 Å². The van der Waals surface area contributed by atoms with Gasteiger partial charge in [-0.2, -0.15) is 8.78 Å². The Morgan fingerprint density at radius 1 is 1.30 bits per heavy atom. The number of anilines is 1. The average Bonchev–Trinajstić information content (AvgIpc) is 2.42. The summed E-state index contributed by atoms with van der Waals surface area (Å²) in [7, 11) is 0. The first-order chi connectivity index (χ1) is 9.60. The Balaban J connectivity index is 2.04. The SMILES string of the molecule is CCC1CCCCC1Nc1ccc(OC(F)F)c(F)c1. The fraction of sp³-hybridized carbons (Fsp3) is 0.600. The molecule has 20 heavy (non-hydrogen) atoms. The third-order valence-corrected chi connectivity index (χ3v) is 3.93. The molecule has 0 aromatic heterocycles. The van der Waals surface area contributed by atoms with Crippen LogP contribution in [0.15, 0.2) is 18.2 Å². The van der Waals surface area contributed by atoms with E-state index in [1.54, 1.807) is 6.07 Å². The minimum atomic E-state index is -3.01. The second kappa shape index (κ2) is 6.86. The van der Waals surface area contributed by atoms with E-state index in [1.807, 2.05) is 0 Å². The number of alkyl halides is 2. The molecule has 2 nitrogen and oxygen atoms in total. The lowest BCUT2D eigenvalue weighted by Crippen LogP contribution is -2.31. The minimum absolute atomic E-state index is 0.329. The summed E-state index contributed by atoms with van der Waals surface area (Å²) in [5.74, 6) is -0.593. The third kappa shape index (κ3) is 3.81. The van der Waals surface area contributed by atoms with Crippen molar-refractivity contribution in [2.24, 2.45) is 5.92 Å². The van der Waals surface area contributed by atoms with E-state index in [0.717, 1.165) is 12.8 Å². The highest BCUT2D eigenvalue weighted by Crippen LogP contribution is 2.30. The lowest BCUT2D eigenvalue weighted by Gasteiger charge is -2.32. The van der Waals surface area contributed by atoms with Gasteiger partial charge in [0.1, 0.15) is 0 Å². The van der Waals surface area contributed by atoms with E-state index in [-0.39, 0.29) is 0 Å². The largest absolute Gasteiger partial charge is 0.432 e. The number of ether oxygens (including phenoxy) is 1. The van der Waals surface area contributed by atoms with Crippen LogP contribution in [-0.4, -0.2) is 12.7 Å². The molecule has 1 aliphatic rings. The summed E-state index contributed by atoms with van der Waals surface area (Å²) in [6.45, 7) is -0.851. The summed E-state index contributed by atoms with van der Waals surface area (Å²) in [5.41, 5.74) is 0.620. The number of hydrogen-bond donors (Lipinski definition) is 1. The van der Waals surface area contributed by atoms with Crippen LogP contribution >= 0.6 is 0 Å². The van der Waals surface area contributed by atoms with E-state index >= 15 is 0 Å². The van der Waals surface area contributed by atoms with Crippen molar-refractivity contribution in [2.75, 3.05) is 5.32 Å². The highest BCUT2D eigenvalue weighted by Gasteiger charge is 2.23. The third-order valence-electron chi connectivity index (χ3n) is 3.93. The van der Waals surface area contributed by atoms with Crippen molar-refractivity contribution in [3.05, 3.63) is 24.0 Å². The molecular formula is C15H20F3NO. The van der Waals surface area contributed by atoms with Gasteiger partial charge in [-0.3, -0.25) is 0 Å². The minimum Gasteiger partial charge on any atom is -0.432 e. The Morgan fingerprint density at radius 2 is 2.05 bits per heavy atom. The first-order valence-electron chi connectivity index (χ1n) is 7.11. The van der Waals surface area contributed by atoms with Gasteiger partial charge in [-0.25, -0.2) is 4.39 Å². The van der Waals surface area contributed by atoms with E-state index in [0.29, 0.717) is 17.6 Å². The summed E-state index contributed by atoms with van der Waals surface area (Å²) in [5, 5.41) is 3.32. The molecule has 0 aliphatic heterocycles. The molecule has 2 unspecified atom stereocenters. The van der Waals surface area contributed by atoms with Crippen LogP contribution in [0, 0.1) is 11.7 Å². The van der Waals surface area contributed by atoms with Gasteiger partial charge in [0.2, 0.25) is 0 Å². The molecule has 1 fully saturated rings. The molecule has 1 aromatic rings. The molecule has 0 spiro atoms. The Morgan fingerprint density at radius 3 is 2.70 bits per heavy atom. The van der Waals surface area contributed by atoms with Gasteiger partial charge in [-0.1, -0.05) is 26.2 Å². The lowest BCUT2D eigenvalue weighted by atomic mass is 9.83. The van der Waals surface area contributed by atoms with Gasteiger partial charge >= 0.3 is 6.61 Å². The van der Waals surface area contributed by atoms with Crippen LogP contribution in [0.1, 0.15) is 39.0 Å². The van der Waals surface area contributed by atoms with Crippen LogP contribution in [0.5, 0.6) is 5.75 Å². The van der Waals surface area contributed by atoms with Crippen LogP contribution in [-0.2, 0) is 0 Å². The standard InChI is InChI=1S/C15H20F3NO/c1-2-10-5-3-4-6-13(10)19-11-7-8-14(12(16)9-11)20-15(17)18/h7-10,13,15,19H,2-6H2,1H3. The van der Waals surface area contributed by atoms with E-state index in [4.69, 9.17) is 0 Å². The molecular weight excluding hydrogens is 267 g/mol. The molecule has 2 rings (SSSR count). The highest BCUT2D eigenvalue weighted by molar-refractivity contribution is 5.48. The van der Waals surface area contributed by atoms with E-state index in [2.05, 4.69) is 17.0 Å². The molecule has 0 saturated heterocycles. The summed E-state index contributed by atoms with van der Waals surface area (Å²) >= 11 is 0. The zero-order valence-corrected chi connectivity index (χ0v) is 11.5. The van der Waals surface area contributed by atoms with Crippen molar-refractivity contribution in [3.63, 3.8) is 0 Å². The van der Waals surface area contributed by atoms with E-state index in [9.17, 15) is 13.2 Å². The molecule has 2 atom stereocenters. The fourth-order valence-electron chi connectivity index (χ4n) is 2.88. The quantitative estimate of drug-likeness (QED) is 0.839. The van der Waals surface area contributed by atoms with Gasteiger partial charge in [0.25, 0.3) is 0 Å². The molecule has 0 radical (unpaired) electrons. The van der Waals surface area contributed by atoms with Crippen LogP contribution in [0.3, 0.4) is 0 Å². The summed E-state index contributed by atoms with van der Waals surface area (Å²) in [4.78, 5) is 0. The van der Waals surface area contributed by atoms with E-state index in [1.165, 1.54) is 31.4 Å². The van der Waals surface area contributed by atoms with Crippen molar-refractivity contribution < 1.29 is 17.9 Å². The summed E-state index contributed by atoms with van der Waals surface area (Å²) in [6, 6.07) is 4.38. The van der Waals surface area contributed by atoms with Gasteiger partial charge in [-0.15, -0.1) is 0 Å². The van der Waals surface area contributed by atoms with Crippen molar-refractivity contribution in [3.8, 4) is 5.75 Å². The molecule has 1 aliphatic carbocycles. The number of hydrogen-bond acceptors (Lipinski definition) is 2. The second-order valence-corrected chi connectivity index (χ2v) is 5.23. The molecule has 0 heterocycles. The number of benzene rings is 1. The lowest BCUT2D eigenvalue weighted by molar-refractivity contribution is -0.0521. The molecule has 1 saturated carbocycles. The van der Waals surface area contributed by atoms with Gasteiger partial charge in [-0.05, 0) is 30.9 Å². The summed E-state index contributed by atoms with van der Waals surface area (Å²) < 4.78 is 41.9. The van der Waals surface area contributed by atoms with Crippen molar-refractivity contribution >= 4 is 5.69 Å². The van der Waals surface area contributed by atoms with Gasteiger partial charge in [0, 0.05) is 17.8 Å².